The molecule has 1 unspecified atom stereocenters. The molecule has 0 aromatic carbocycles. The summed E-state index contributed by atoms with van der Waals surface area (Å²) in [5.41, 5.74) is 8.68. The lowest BCUT2D eigenvalue weighted by molar-refractivity contribution is 0.201. The highest BCUT2D eigenvalue weighted by molar-refractivity contribution is 6.01. The Hall–Kier alpha value is -1.62. The Morgan fingerprint density at radius 3 is 2.65 bits per heavy atom. The van der Waals surface area contributed by atoms with Crippen LogP contribution in [0, 0.1) is 19.3 Å². The molecular weight excluding hydrogens is 216 g/mol. The summed E-state index contributed by atoms with van der Waals surface area (Å²) >= 11 is 0. The minimum absolute atomic E-state index is 0.00226. The van der Waals surface area contributed by atoms with Gasteiger partial charge in [0.1, 0.15) is 5.84 Å². The standard InChI is InChI=1S/C12H20N4O/c1-7-5-10(16(4)6-8(2)17)11(12(13)14)9(3)15-7/h5,8,17H,6H2,1-4H3,(H3,13,14). The molecule has 0 aliphatic heterocycles. The quantitative estimate of drug-likeness (QED) is 0.533. The zero-order valence-corrected chi connectivity index (χ0v) is 10.8. The first-order valence-electron chi connectivity index (χ1n) is 5.54. The van der Waals surface area contributed by atoms with Crippen LogP contribution < -0.4 is 10.6 Å². The van der Waals surface area contributed by atoms with Gasteiger partial charge >= 0.3 is 0 Å². The van der Waals surface area contributed by atoms with Crippen LogP contribution in [0.25, 0.3) is 0 Å². The third-order valence-electron chi connectivity index (χ3n) is 2.53. The second-order valence-corrected chi connectivity index (χ2v) is 4.39. The number of aromatic nitrogens is 1. The topological polar surface area (TPSA) is 86.2 Å². The first kappa shape index (κ1) is 13.4. The summed E-state index contributed by atoms with van der Waals surface area (Å²) in [6.45, 7) is 5.95. The van der Waals surface area contributed by atoms with Crippen LogP contribution >= 0.6 is 0 Å². The van der Waals surface area contributed by atoms with E-state index in [0.29, 0.717) is 12.1 Å². The van der Waals surface area contributed by atoms with Crippen LogP contribution in [0.4, 0.5) is 5.69 Å². The van der Waals surface area contributed by atoms with Crippen molar-refractivity contribution in [2.24, 2.45) is 5.73 Å². The highest BCUT2D eigenvalue weighted by atomic mass is 16.3. The van der Waals surface area contributed by atoms with E-state index in [1.165, 1.54) is 0 Å². The molecule has 0 aliphatic carbocycles. The van der Waals surface area contributed by atoms with Crippen molar-refractivity contribution in [2.45, 2.75) is 26.9 Å². The number of aryl methyl sites for hydroxylation is 2. The SMILES string of the molecule is Cc1cc(N(C)CC(C)O)c(C(=N)N)c(C)n1. The van der Waals surface area contributed by atoms with Crippen LogP contribution in [0.5, 0.6) is 0 Å². The molecule has 1 aromatic rings. The summed E-state index contributed by atoms with van der Waals surface area (Å²) in [7, 11) is 1.87. The molecule has 0 saturated carbocycles. The van der Waals surface area contributed by atoms with Gasteiger partial charge < -0.3 is 15.7 Å². The van der Waals surface area contributed by atoms with Gasteiger partial charge in [-0.15, -0.1) is 0 Å². The maximum Gasteiger partial charge on any atom is 0.126 e. The van der Waals surface area contributed by atoms with E-state index in [0.717, 1.165) is 17.1 Å². The molecular formula is C12H20N4O. The first-order chi connectivity index (χ1) is 7.82. The average Bonchev–Trinajstić information content (AvgIpc) is 2.14. The van der Waals surface area contributed by atoms with Gasteiger partial charge in [-0.2, -0.15) is 0 Å². The molecule has 1 aromatic heterocycles. The largest absolute Gasteiger partial charge is 0.392 e. The molecule has 0 aliphatic rings. The number of hydrogen-bond acceptors (Lipinski definition) is 4. The first-order valence-corrected chi connectivity index (χ1v) is 5.54. The Balaban J connectivity index is 3.25. The van der Waals surface area contributed by atoms with Gasteiger partial charge in [-0.05, 0) is 26.8 Å². The van der Waals surface area contributed by atoms with Gasteiger partial charge in [0.05, 0.1) is 23.0 Å². The number of nitrogens with zero attached hydrogens (tertiary/aromatic N) is 2. The van der Waals surface area contributed by atoms with Gasteiger partial charge in [0.15, 0.2) is 0 Å². The van der Waals surface area contributed by atoms with Crippen molar-refractivity contribution in [3.8, 4) is 0 Å². The van der Waals surface area contributed by atoms with Crippen molar-refractivity contribution < 1.29 is 5.11 Å². The molecule has 0 amide bonds. The number of likely N-dealkylation sites (N-methyl/N-ethyl adjacent to an activating group) is 1. The van der Waals surface area contributed by atoms with E-state index in [1.807, 2.05) is 31.9 Å². The lowest BCUT2D eigenvalue weighted by Crippen LogP contribution is -2.30. The summed E-state index contributed by atoms with van der Waals surface area (Å²) in [6.07, 6.45) is -0.436. The number of nitrogens with one attached hydrogen (secondary N) is 1. The molecule has 5 heteroatoms. The molecule has 1 rings (SSSR count). The van der Waals surface area contributed by atoms with Crippen molar-refractivity contribution in [3.05, 3.63) is 23.0 Å². The van der Waals surface area contributed by atoms with E-state index >= 15 is 0 Å². The van der Waals surface area contributed by atoms with Gasteiger partial charge in [-0.25, -0.2) is 0 Å². The number of anilines is 1. The van der Waals surface area contributed by atoms with E-state index in [4.69, 9.17) is 11.1 Å². The Morgan fingerprint density at radius 2 is 2.18 bits per heavy atom. The molecule has 1 heterocycles. The van der Waals surface area contributed by atoms with E-state index in [9.17, 15) is 5.11 Å². The molecule has 5 nitrogen and oxygen atoms in total. The van der Waals surface area contributed by atoms with Crippen LogP contribution in [-0.2, 0) is 0 Å². The van der Waals surface area contributed by atoms with Gasteiger partial charge in [-0.1, -0.05) is 0 Å². The normalized spacial score (nSPS) is 12.3. The van der Waals surface area contributed by atoms with Gasteiger partial charge in [0, 0.05) is 19.3 Å². The minimum atomic E-state index is -0.436. The summed E-state index contributed by atoms with van der Waals surface area (Å²) < 4.78 is 0. The molecule has 1 atom stereocenters. The second-order valence-electron chi connectivity index (χ2n) is 4.39. The Labute approximate surface area is 102 Å². The molecule has 0 bridgehead atoms. The van der Waals surface area contributed by atoms with Crippen molar-refractivity contribution in [3.63, 3.8) is 0 Å². The third kappa shape index (κ3) is 3.17. The van der Waals surface area contributed by atoms with Crippen LogP contribution in [0.15, 0.2) is 6.07 Å². The fourth-order valence-corrected chi connectivity index (χ4v) is 1.94. The van der Waals surface area contributed by atoms with Crippen molar-refractivity contribution in [2.75, 3.05) is 18.5 Å². The molecule has 0 radical (unpaired) electrons. The number of rotatable bonds is 4. The molecule has 94 valence electrons. The van der Waals surface area contributed by atoms with E-state index in [1.54, 1.807) is 6.92 Å². The summed E-state index contributed by atoms with van der Waals surface area (Å²) in [5, 5.41) is 17.0. The van der Waals surface area contributed by atoms with Gasteiger partial charge in [0.2, 0.25) is 0 Å². The zero-order valence-electron chi connectivity index (χ0n) is 10.8. The van der Waals surface area contributed by atoms with Crippen LogP contribution in [-0.4, -0.2) is 35.6 Å². The molecule has 0 fully saturated rings. The predicted molar refractivity (Wildman–Crippen MR) is 69.7 cm³/mol. The predicted octanol–water partition coefficient (Wildman–Crippen LogP) is 0.800. The smallest absolute Gasteiger partial charge is 0.126 e. The van der Waals surface area contributed by atoms with E-state index in [-0.39, 0.29) is 5.84 Å². The Bertz CT molecular complexity index is 429. The van der Waals surface area contributed by atoms with Crippen LogP contribution in [0.3, 0.4) is 0 Å². The second kappa shape index (κ2) is 5.14. The van der Waals surface area contributed by atoms with Gasteiger partial charge in [0.25, 0.3) is 0 Å². The number of amidine groups is 1. The maximum absolute atomic E-state index is 9.41. The fourth-order valence-electron chi connectivity index (χ4n) is 1.94. The number of pyridine rings is 1. The summed E-state index contributed by atoms with van der Waals surface area (Å²) in [5.74, 6) is 0.00226. The van der Waals surface area contributed by atoms with E-state index < -0.39 is 6.10 Å². The third-order valence-corrected chi connectivity index (χ3v) is 2.53. The van der Waals surface area contributed by atoms with Crippen LogP contribution in [0.2, 0.25) is 0 Å². The van der Waals surface area contributed by atoms with E-state index in [2.05, 4.69) is 4.98 Å². The highest BCUT2D eigenvalue weighted by Gasteiger charge is 2.15. The highest BCUT2D eigenvalue weighted by Crippen LogP contribution is 2.22. The number of nitrogens with two attached hydrogens (primary N) is 1. The monoisotopic (exact) mass is 236 g/mol. The summed E-state index contributed by atoms with van der Waals surface area (Å²) in [6, 6.07) is 1.88. The number of aliphatic hydroxyl groups excluding tert-OH is 1. The zero-order chi connectivity index (χ0) is 13.2. The average molecular weight is 236 g/mol. The molecule has 4 N–H and O–H groups in total. The van der Waals surface area contributed by atoms with Crippen molar-refractivity contribution in [1.29, 1.82) is 5.41 Å². The number of aliphatic hydroxyl groups is 1. The lowest BCUT2D eigenvalue weighted by Gasteiger charge is -2.24. The van der Waals surface area contributed by atoms with Crippen molar-refractivity contribution >= 4 is 11.5 Å². The van der Waals surface area contributed by atoms with Gasteiger partial charge in [-0.3, -0.25) is 10.4 Å². The molecule has 0 saturated heterocycles. The lowest BCUT2D eigenvalue weighted by atomic mass is 10.1. The molecule has 0 spiro atoms. The van der Waals surface area contributed by atoms with Crippen molar-refractivity contribution in [1.82, 2.24) is 4.98 Å². The minimum Gasteiger partial charge on any atom is -0.392 e. The number of hydrogen-bond donors (Lipinski definition) is 3. The Morgan fingerprint density at radius 1 is 1.59 bits per heavy atom. The Kier molecular flexibility index (Phi) is 4.07. The number of nitrogen functional groups attached to an aromatic ring is 1. The summed E-state index contributed by atoms with van der Waals surface area (Å²) in [4.78, 5) is 6.20. The fraction of sp³-hybridized carbons (Fsp3) is 0.500. The molecule has 17 heavy (non-hydrogen) atoms. The maximum atomic E-state index is 9.41. The van der Waals surface area contributed by atoms with Crippen LogP contribution in [0.1, 0.15) is 23.9 Å².